The van der Waals surface area contributed by atoms with Gasteiger partial charge in [-0.05, 0) is 79.6 Å². The maximum absolute atomic E-state index is 13.0. The van der Waals surface area contributed by atoms with Gasteiger partial charge < -0.3 is 5.32 Å². The first-order valence-corrected chi connectivity index (χ1v) is 10.00. The van der Waals surface area contributed by atoms with Gasteiger partial charge in [0.15, 0.2) is 0 Å². The largest absolute Gasteiger partial charge is 0.322 e. The lowest BCUT2D eigenvalue weighted by atomic mass is 10.1. The van der Waals surface area contributed by atoms with E-state index >= 15 is 0 Å². The number of sulfonamides is 1. The minimum Gasteiger partial charge on any atom is -0.322 e. The van der Waals surface area contributed by atoms with Crippen LogP contribution < -0.4 is 10.0 Å². The van der Waals surface area contributed by atoms with E-state index in [-0.39, 0.29) is 10.5 Å². The molecule has 0 heterocycles. The lowest BCUT2D eigenvalue weighted by molar-refractivity contribution is 0.102. The summed E-state index contributed by atoms with van der Waals surface area (Å²) in [5.74, 6) is -0.904. The highest BCUT2D eigenvalue weighted by Crippen LogP contribution is 2.20. The van der Waals surface area contributed by atoms with E-state index in [9.17, 15) is 17.6 Å². The van der Waals surface area contributed by atoms with E-state index in [1.54, 1.807) is 12.1 Å². The van der Waals surface area contributed by atoms with Crippen molar-refractivity contribution in [3.8, 4) is 0 Å². The maximum Gasteiger partial charge on any atom is 0.261 e. The Hall–Kier alpha value is -3.19. The topological polar surface area (TPSA) is 75.3 Å². The summed E-state index contributed by atoms with van der Waals surface area (Å²) in [7, 11) is -3.86. The second-order valence-corrected chi connectivity index (χ2v) is 8.08. The molecule has 0 aliphatic rings. The standard InChI is InChI=1S/C21H19FN2O3S/c1-14-6-9-19(12-15(14)2)24-28(26,27)20-5-3-4-16(13-20)21(25)23-18-10-7-17(22)8-11-18/h3-13,24H,1-2H3,(H,23,25). The van der Waals surface area contributed by atoms with E-state index in [4.69, 9.17) is 0 Å². The van der Waals surface area contributed by atoms with Crippen LogP contribution in [-0.4, -0.2) is 14.3 Å². The van der Waals surface area contributed by atoms with Gasteiger partial charge in [0.25, 0.3) is 15.9 Å². The molecule has 0 aliphatic heterocycles. The molecule has 0 unspecified atom stereocenters. The molecule has 3 aromatic carbocycles. The Morgan fingerprint density at radius 3 is 2.21 bits per heavy atom. The minimum atomic E-state index is -3.86. The molecule has 0 bridgehead atoms. The molecule has 3 aromatic rings. The number of hydrogen-bond donors (Lipinski definition) is 2. The Labute approximate surface area is 163 Å². The van der Waals surface area contributed by atoms with Gasteiger partial charge in [0, 0.05) is 16.9 Å². The van der Waals surface area contributed by atoms with E-state index in [1.165, 1.54) is 48.5 Å². The first kappa shape index (κ1) is 19.6. The molecule has 3 rings (SSSR count). The number of rotatable bonds is 5. The third kappa shape index (κ3) is 4.55. The van der Waals surface area contributed by atoms with Crippen molar-refractivity contribution in [2.24, 2.45) is 0 Å². The van der Waals surface area contributed by atoms with Crippen LogP contribution in [0.15, 0.2) is 71.6 Å². The van der Waals surface area contributed by atoms with Crippen LogP contribution in [0.2, 0.25) is 0 Å². The number of anilines is 2. The summed E-state index contributed by atoms with van der Waals surface area (Å²) in [6.07, 6.45) is 0. The van der Waals surface area contributed by atoms with E-state index in [0.717, 1.165) is 11.1 Å². The zero-order valence-electron chi connectivity index (χ0n) is 15.4. The first-order chi connectivity index (χ1) is 13.2. The highest BCUT2D eigenvalue weighted by Gasteiger charge is 2.17. The van der Waals surface area contributed by atoms with E-state index in [0.29, 0.717) is 11.4 Å². The lowest BCUT2D eigenvalue weighted by Gasteiger charge is -2.11. The molecule has 28 heavy (non-hydrogen) atoms. The molecule has 0 radical (unpaired) electrons. The number of hydrogen-bond acceptors (Lipinski definition) is 3. The maximum atomic E-state index is 13.0. The van der Waals surface area contributed by atoms with Gasteiger partial charge >= 0.3 is 0 Å². The highest BCUT2D eigenvalue weighted by molar-refractivity contribution is 7.92. The van der Waals surface area contributed by atoms with Crippen molar-refractivity contribution < 1.29 is 17.6 Å². The van der Waals surface area contributed by atoms with Crippen LogP contribution in [0.3, 0.4) is 0 Å². The Morgan fingerprint density at radius 2 is 1.54 bits per heavy atom. The number of carbonyl (C=O) groups is 1. The Morgan fingerprint density at radius 1 is 0.857 bits per heavy atom. The van der Waals surface area contributed by atoms with Crippen LogP contribution >= 0.6 is 0 Å². The minimum absolute atomic E-state index is 0.0301. The monoisotopic (exact) mass is 398 g/mol. The van der Waals surface area contributed by atoms with Gasteiger partial charge in [-0.3, -0.25) is 9.52 Å². The molecule has 0 saturated heterocycles. The quantitative estimate of drug-likeness (QED) is 0.665. The third-order valence-corrected chi connectivity index (χ3v) is 5.65. The number of nitrogens with one attached hydrogen (secondary N) is 2. The van der Waals surface area contributed by atoms with Crippen LogP contribution in [-0.2, 0) is 10.0 Å². The number of carbonyl (C=O) groups excluding carboxylic acids is 1. The third-order valence-electron chi connectivity index (χ3n) is 4.27. The molecule has 7 heteroatoms. The molecular weight excluding hydrogens is 379 g/mol. The fourth-order valence-electron chi connectivity index (χ4n) is 2.56. The van der Waals surface area contributed by atoms with Crippen LogP contribution in [0, 0.1) is 19.7 Å². The molecule has 0 saturated carbocycles. The van der Waals surface area contributed by atoms with E-state index in [2.05, 4.69) is 10.0 Å². The molecular formula is C21H19FN2O3S. The second kappa shape index (κ2) is 7.82. The van der Waals surface area contributed by atoms with Gasteiger partial charge in [0.05, 0.1) is 4.90 Å². The van der Waals surface area contributed by atoms with Gasteiger partial charge in [0.1, 0.15) is 5.82 Å². The van der Waals surface area contributed by atoms with Crippen molar-refractivity contribution >= 4 is 27.3 Å². The van der Waals surface area contributed by atoms with Crippen LogP contribution in [0.25, 0.3) is 0 Å². The zero-order valence-corrected chi connectivity index (χ0v) is 16.2. The van der Waals surface area contributed by atoms with Crippen molar-refractivity contribution in [3.63, 3.8) is 0 Å². The van der Waals surface area contributed by atoms with Crippen molar-refractivity contribution in [1.29, 1.82) is 0 Å². The molecule has 0 aliphatic carbocycles. The van der Waals surface area contributed by atoms with Gasteiger partial charge in [-0.2, -0.15) is 0 Å². The van der Waals surface area contributed by atoms with Crippen LogP contribution in [0.1, 0.15) is 21.5 Å². The van der Waals surface area contributed by atoms with Gasteiger partial charge in [0.2, 0.25) is 0 Å². The molecule has 0 atom stereocenters. The molecule has 1 amide bonds. The zero-order chi connectivity index (χ0) is 20.3. The molecule has 0 spiro atoms. The van der Waals surface area contributed by atoms with Gasteiger partial charge in [-0.15, -0.1) is 0 Å². The van der Waals surface area contributed by atoms with Crippen molar-refractivity contribution in [1.82, 2.24) is 0 Å². The smallest absolute Gasteiger partial charge is 0.261 e. The fraction of sp³-hybridized carbons (Fsp3) is 0.0952. The van der Waals surface area contributed by atoms with E-state index in [1.807, 2.05) is 19.9 Å². The average molecular weight is 398 g/mol. The number of aryl methyl sites for hydroxylation is 2. The van der Waals surface area contributed by atoms with Crippen LogP contribution in [0.5, 0.6) is 0 Å². The number of benzene rings is 3. The summed E-state index contributed by atoms with van der Waals surface area (Å²) in [4.78, 5) is 12.4. The molecule has 0 fully saturated rings. The Kier molecular flexibility index (Phi) is 5.46. The molecule has 144 valence electrons. The summed E-state index contributed by atoms with van der Waals surface area (Å²) in [5, 5.41) is 2.61. The van der Waals surface area contributed by atoms with Crippen molar-refractivity contribution in [2.45, 2.75) is 18.7 Å². The molecule has 2 N–H and O–H groups in total. The van der Waals surface area contributed by atoms with Crippen LogP contribution in [0.4, 0.5) is 15.8 Å². The van der Waals surface area contributed by atoms with E-state index < -0.39 is 21.7 Å². The van der Waals surface area contributed by atoms with Crippen molar-refractivity contribution in [3.05, 3.63) is 89.2 Å². The Balaban J connectivity index is 1.81. The SMILES string of the molecule is Cc1ccc(NS(=O)(=O)c2cccc(C(=O)Nc3ccc(F)cc3)c2)cc1C. The summed E-state index contributed by atoms with van der Waals surface area (Å²) in [5.41, 5.74) is 3.06. The van der Waals surface area contributed by atoms with Crippen molar-refractivity contribution in [2.75, 3.05) is 10.0 Å². The second-order valence-electron chi connectivity index (χ2n) is 6.39. The predicted molar refractivity (Wildman–Crippen MR) is 108 cm³/mol. The molecule has 5 nitrogen and oxygen atoms in total. The Bertz CT molecular complexity index is 1130. The normalized spacial score (nSPS) is 11.1. The number of amides is 1. The lowest BCUT2D eigenvalue weighted by Crippen LogP contribution is -2.16. The summed E-state index contributed by atoms with van der Waals surface area (Å²) in [6, 6.07) is 16.3. The average Bonchev–Trinajstić information content (AvgIpc) is 2.66. The molecule has 0 aromatic heterocycles. The summed E-state index contributed by atoms with van der Waals surface area (Å²) in [6.45, 7) is 3.84. The summed E-state index contributed by atoms with van der Waals surface area (Å²) >= 11 is 0. The van der Waals surface area contributed by atoms with Gasteiger partial charge in [-0.1, -0.05) is 12.1 Å². The number of halogens is 1. The first-order valence-electron chi connectivity index (χ1n) is 8.52. The fourth-order valence-corrected chi connectivity index (χ4v) is 3.65. The van der Waals surface area contributed by atoms with Gasteiger partial charge in [-0.25, -0.2) is 12.8 Å². The summed E-state index contributed by atoms with van der Waals surface area (Å²) < 4.78 is 40.9. The predicted octanol–water partition coefficient (Wildman–Crippen LogP) is 4.50. The highest BCUT2D eigenvalue weighted by atomic mass is 32.2.